The van der Waals surface area contributed by atoms with Crippen molar-refractivity contribution >= 4 is 38.9 Å². The van der Waals surface area contributed by atoms with Crippen molar-refractivity contribution in [3.63, 3.8) is 0 Å². The first-order chi connectivity index (χ1) is 15.3. The number of methoxy groups -OCH3 is 2. The number of carbonyl (C=O) groups excluding carboxylic acids is 1. The van der Waals surface area contributed by atoms with Crippen LogP contribution in [0.1, 0.15) is 5.56 Å². The first kappa shape index (κ1) is 23.4. The molecule has 7 nitrogen and oxygen atoms in total. The molecule has 0 aliphatic rings. The fourth-order valence-corrected chi connectivity index (χ4v) is 4.86. The number of hydrogen-bond donors (Lipinski definition) is 1. The Hall–Kier alpha value is -3.23. The number of amides is 1. The van der Waals surface area contributed by atoms with Crippen LogP contribution in [0.4, 0.5) is 11.4 Å². The number of aryl methyl sites for hydroxylation is 1. The third-order valence-corrected chi connectivity index (χ3v) is 6.72. The molecular formula is C23H23ClN2O5S. The van der Waals surface area contributed by atoms with Crippen molar-refractivity contribution in [1.29, 1.82) is 0 Å². The molecule has 0 aliphatic heterocycles. The largest absolute Gasteiger partial charge is 0.495 e. The van der Waals surface area contributed by atoms with Gasteiger partial charge in [-0.05, 0) is 42.8 Å². The lowest BCUT2D eigenvalue weighted by Gasteiger charge is -2.24. The van der Waals surface area contributed by atoms with Crippen molar-refractivity contribution in [1.82, 2.24) is 0 Å². The van der Waals surface area contributed by atoms with Gasteiger partial charge in [0.15, 0.2) is 0 Å². The zero-order chi connectivity index (χ0) is 23.3. The van der Waals surface area contributed by atoms with Crippen LogP contribution in [-0.4, -0.2) is 35.1 Å². The highest BCUT2D eigenvalue weighted by molar-refractivity contribution is 7.92. The minimum atomic E-state index is -4.00. The second-order valence-corrected chi connectivity index (χ2v) is 9.17. The van der Waals surface area contributed by atoms with Gasteiger partial charge in [0.25, 0.3) is 10.0 Å². The van der Waals surface area contributed by atoms with Crippen LogP contribution in [0, 0.1) is 6.92 Å². The third-order valence-electron chi connectivity index (χ3n) is 4.66. The van der Waals surface area contributed by atoms with Gasteiger partial charge in [-0.2, -0.15) is 0 Å². The zero-order valence-corrected chi connectivity index (χ0v) is 19.4. The quantitative estimate of drug-likeness (QED) is 0.519. The summed E-state index contributed by atoms with van der Waals surface area (Å²) in [6.07, 6.45) is 0. The molecule has 0 spiro atoms. The van der Waals surface area contributed by atoms with E-state index >= 15 is 0 Å². The van der Waals surface area contributed by atoms with E-state index in [1.54, 1.807) is 55.5 Å². The number of hydrogen-bond acceptors (Lipinski definition) is 5. The molecule has 3 aromatic carbocycles. The average Bonchev–Trinajstić information content (AvgIpc) is 2.78. The molecular weight excluding hydrogens is 452 g/mol. The lowest BCUT2D eigenvalue weighted by Crippen LogP contribution is -2.38. The molecule has 0 fully saturated rings. The van der Waals surface area contributed by atoms with E-state index in [1.807, 2.05) is 0 Å². The van der Waals surface area contributed by atoms with Crippen molar-refractivity contribution in [3.05, 3.63) is 77.3 Å². The molecule has 0 radical (unpaired) electrons. The number of nitrogens with one attached hydrogen (secondary N) is 1. The molecule has 168 valence electrons. The summed E-state index contributed by atoms with van der Waals surface area (Å²) in [6.45, 7) is 1.35. The molecule has 1 N–H and O–H groups in total. The summed E-state index contributed by atoms with van der Waals surface area (Å²) in [4.78, 5) is 13.0. The molecule has 0 heterocycles. The van der Waals surface area contributed by atoms with Crippen molar-refractivity contribution in [2.75, 3.05) is 30.4 Å². The van der Waals surface area contributed by atoms with Crippen molar-refractivity contribution in [2.45, 2.75) is 11.8 Å². The third kappa shape index (κ3) is 5.15. The predicted octanol–water partition coefficient (Wildman–Crippen LogP) is 4.50. The Labute approximate surface area is 192 Å². The minimum Gasteiger partial charge on any atom is -0.495 e. The molecule has 3 rings (SSSR count). The van der Waals surface area contributed by atoms with Crippen LogP contribution in [0.5, 0.6) is 11.5 Å². The van der Waals surface area contributed by atoms with Crippen LogP contribution in [0.15, 0.2) is 71.6 Å². The van der Waals surface area contributed by atoms with Gasteiger partial charge in [-0.25, -0.2) is 8.42 Å². The van der Waals surface area contributed by atoms with Gasteiger partial charge in [-0.1, -0.05) is 41.9 Å². The van der Waals surface area contributed by atoms with E-state index in [0.29, 0.717) is 22.9 Å². The Kier molecular flexibility index (Phi) is 7.27. The number of halogens is 1. The highest BCUT2D eigenvalue weighted by atomic mass is 35.5. The minimum absolute atomic E-state index is 0.0965. The molecule has 0 aromatic heterocycles. The van der Waals surface area contributed by atoms with E-state index in [2.05, 4.69) is 5.32 Å². The number of para-hydroxylation sites is 1. The van der Waals surface area contributed by atoms with Gasteiger partial charge < -0.3 is 14.8 Å². The lowest BCUT2D eigenvalue weighted by atomic mass is 10.2. The molecule has 0 aliphatic carbocycles. The van der Waals surface area contributed by atoms with Crippen LogP contribution in [0.2, 0.25) is 5.02 Å². The fraction of sp³-hybridized carbons (Fsp3) is 0.174. The standard InChI is InChI=1S/C23H23ClN2O5S/c1-16-8-7-11-18(12-16)32(28,29)26(17-9-5-4-6-10-17)15-23(27)25-20-13-19(24)21(30-2)14-22(20)31-3/h4-14H,15H2,1-3H3,(H,25,27). The Morgan fingerprint density at radius 3 is 2.28 bits per heavy atom. The fourth-order valence-electron chi connectivity index (χ4n) is 3.09. The maximum Gasteiger partial charge on any atom is 0.264 e. The van der Waals surface area contributed by atoms with Crippen LogP contribution in [0.3, 0.4) is 0 Å². The van der Waals surface area contributed by atoms with Crippen molar-refractivity contribution in [2.24, 2.45) is 0 Å². The Bertz CT molecular complexity index is 1220. The van der Waals surface area contributed by atoms with Gasteiger partial charge in [0.05, 0.1) is 35.5 Å². The van der Waals surface area contributed by atoms with Crippen LogP contribution in [0.25, 0.3) is 0 Å². The van der Waals surface area contributed by atoms with Crippen LogP contribution in [-0.2, 0) is 14.8 Å². The summed E-state index contributed by atoms with van der Waals surface area (Å²) in [7, 11) is -1.10. The highest BCUT2D eigenvalue weighted by Crippen LogP contribution is 2.36. The monoisotopic (exact) mass is 474 g/mol. The molecule has 9 heteroatoms. The van der Waals surface area contributed by atoms with E-state index in [0.717, 1.165) is 9.87 Å². The van der Waals surface area contributed by atoms with Crippen molar-refractivity contribution < 1.29 is 22.7 Å². The molecule has 0 atom stereocenters. The maximum absolute atomic E-state index is 13.4. The number of ether oxygens (including phenoxy) is 2. The average molecular weight is 475 g/mol. The normalized spacial score (nSPS) is 11.0. The summed E-state index contributed by atoms with van der Waals surface area (Å²) in [5.74, 6) is 0.145. The maximum atomic E-state index is 13.4. The summed E-state index contributed by atoms with van der Waals surface area (Å²) < 4.78 is 38.4. The van der Waals surface area contributed by atoms with Crippen LogP contribution < -0.4 is 19.1 Å². The Morgan fingerprint density at radius 2 is 1.66 bits per heavy atom. The van der Waals surface area contributed by atoms with E-state index in [1.165, 1.54) is 32.4 Å². The van der Waals surface area contributed by atoms with Gasteiger partial charge in [0.1, 0.15) is 18.0 Å². The van der Waals surface area contributed by atoms with Gasteiger partial charge >= 0.3 is 0 Å². The first-order valence-electron chi connectivity index (χ1n) is 9.62. The number of benzene rings is 3. The SMILES string of the molecule is COc1cc(OC)c(NC(=O)CN(c2ccccc2)S(=O)(=O)c2cccc(C)c2)cc1Cl. The van der Waals surface area contributed by atoms with Gasteiger partial charge in [-0.3, -0.25) is 9.10 Å². The first-order valence-corrected chi connectivity index (χ1v) is 11.4. The number of sulfonamides is 1. The highest BCUT2D eigenvalue weighted by Gasteiger charge is 2.27. The molecule has 0 unspecified atom stereocenters. The summed E-state index contributed by atoms with van der Waals surface area (Å²) in [6, 6.07) is 18.0. The molecule has 1 amide bonds. The van der Waals surface area contributed by atoms with E-state index in [4.69, 9.17) is 21.1 Å². The molecule has 0 saturated carbocycles. The lowest BCUT2D eigenvalue weighted by molar-refractivity contribution is -0.114. The van der Waals surface area contributed by atoms with Gasteiger partial charge in [0, 0.05) is 6.07 Å². The number of rotatable bonds is 8. The van der Waals surface area contributed by atoms with E-state index in [9.17, 15) is 13.2 Å². The van der Waals surface area contributed by atoms with Gasteiger partial charge in [0.2, 0.25) is 5.91 Å². The molecule has 32 heavy (non-hydrogen) atoms. The second kappa shape index (κ2) is 9.93. The van der Waals surface area contributed by atoms with Crippen molar-refractivity contribution in [3.8, 4) is 11.5 Å². The van der Waals surface area contributed by atoms with E-state index in [-0.39, 0.29) is 9.92 Å². The number of anilines is 2. The van der Waals surface area contributed by atoms with Crippen LogP contribution >= 0.6 is 11.6 Å². The topological polar surface area (TPSA) is 84.9 Å². The number of nitrogens with zero attached hydrogens (tertiary/aromatic N) is 1. The summed E-state index contributed by atoms with van der Waals surface area (Å²) >= 11 is 6.17. The Morgan fingerprint density at radius 1 is 0.969 bits per heavy atom. The summed E-state index contributed by atoms with van der Waals surface area (Å²) in [5, 5.41) is 2.95. The predicted molar refractivity (Wildman–Crippen MR) is 125 cm³/mol. The number of carbonyl (C=O) groups is 1. The molecule has 0 saturated heterocycles. The van der Waals surface area contributed by atoms with E-state index < -0.39 is 22.5 Å². The second-order valence-electron chi connectivity index (χ2n) is 6.90. The zero-order valence-electron chi connectivity index (χ0n) is 17.8. The molecule has 0 bridgehead atoms. The Balaban J connectivity index is 1.95. The smallest absolute Gasteiger partial charge is 0.264 e. The summed E-state index contributed by atoms with van der Waals surface area (Å²) in [5.41, 5.74) is 1.45. The van der Waals surface area contributed by atoms with Gasteiger partial charge in [-0.15, -0.1) is 0 Å². The molecule has 3 aromatic rings.